The van der Waals surface area contributed by atoms with E-state index in [9.17, 15) is 4.79 Å². The first-order chi connectivity index (χ1) is 13.1. The Morgan fingerprint density at radius 1 is 1.15 bits per heavy atom. The molecule has 0 atom stereocenters. The molecule has 0 spiro atoms. The number of carbonyl (C=O) groups is 1. The fourth-order valence-corrected chi connectivity index (χ4v) is 2.68. The first-order valence-electron chi connectivity index (χ1n) is 8.65. The van der Waals surface area contributed by atoms with Gasteiger partial charge in [0, 0.05) is 30.8 Å². The zero-order chi connectivity index (χ0) is 19.2. The summed E-state index contributed by atoms with van der Waals surface area (Å²) < 4.78 is 6.65. The van der Waals surface area contributed by atoms with E-state index in [-0.39, 0.29) is 11.7 Å². The fraction of sp³-hybridized carbons (Fsp3) is 0.250. The molecule has 27 heavy (non-hydrogen) atoms. The van der Waals surface area contributed by atoms with Crippen LogP contribution in [0.1, 0.15) is 22.6 Å². The smallest absolute Gasteiger partial charge is 0.290 e. The SMILES string of the molecule is COCCCNC(=O)c1nc(-c2ccc(C)cc2)n(-c2ccc(Cl)cc2)n1. The first-order valence-corrected chi connectivity index (χ1v) is 9.03. The maximum atomic E-state index is 12.4. The molecule has 3 aromatic rings. The molecule has 0 aliphatic rings. The van der Waals surface area contributed by atoms with Crippen molar-refractivity contribution in [3.63, 3.8) is 0 Å². The highest BCUT2D eigenvalue weighted by Crippen LogP contribution is 2.22. The Balaban J connectivity index is 1.94. The number of rotatable bonds is 7. The maximum absolute atomic E-state index is 12.4. The number of nitrogens with zero attached hydrogens (tertiary/aromatic N) is 3. The van der Waals surface area contributed by atoms with E-state index in [4.69, 9.17) is 16.3 Å². The van der Waals surface area contributed by atoms with E-state index in [1.54, 1.807) is 23.9 Å². The van der Waals surface area contributed by atoms with Crippen molar-refractivity contribution < 1.29 is 9.53 Å². The van der Waals surface area contributed by atoms with Crippen molar-refractivity contribution in [2.45, 2.75) is 13.3 Å². The molecule has 1 heterocycles. The number of hydrogen-bond acceptors (Lipinski definition) is 4. The number of aryl methyl sites for hydroxylation is 1. The van der Waals surface area contributed by atoms with Gasteiger partial charge in [0.05, 0.1) is 5.69 Å². The molecular formula is C20H21ClN4O2. The number of aromatic nitrogens is 3. The van der Waals surface area contributed by atoms with Crippen molar-refractivity contribution in [3.05, 3.63) is 64.9 Å². The summed E-state index contributed by atoms with van der Waals surface area (Å²) in [5.74, 6) is 0.407. The lowest BCUT2D eigenvalue weighted by Gasteiger charge is -2.06. The Hall–Kier alpha value is -2.70. The van der Waals surface area contributed by atoms with Crippen molar-refractivity contribution in [1.29, 1.82) is 0 Å². The van der Waals surface area contributed by atoms with Gasteiger partial charge in [-0.1, -0.05) is 41.4 Å². The number of carbonyl (C=O) groups excluding carboxylic acids is 1. The molecule has 0 bridgehead atoms. The number of methoxy groups -OCH3 is 1. The summed E-state index contributed by atoms with van der Waals surface area (Å²) in [6, 6.07) is 15.2. The van der Waals surface area contributed by atoms with Crippen LogP contribution in [0.2, 0.25) is 5.02 Å². The molecule has 0 fully saturated rings. The van der Waals surface area contributed by atoms with Gasteiger partial charge in [0.2, 0.25) is 5.82 Å². The quantitative estimate of drug-likeness (QED) is 0.631. The van der Waals surface area contributed by atoms with E-state index in [1.165, 1.54) is 0 Å². The summed E-state index contributed by atoms with van der Waals surface area (Å²) in [7, 11) is 1.63. The minimum Gasteiger partial charge on any atom is -0.385 e. The molecule has 140 valence electrons. The van der Waals surface area contributed by atoms with Crippen molar-refractivity contribution >= 4 is 17.5 Å². The normalized spacial score (nSPS) is 10.8. The van der Waals surface area contributed by atoms with Gasteiger partial charge in [-0.25, -0.2) is 9.67 Å². The van der Waals surface area contributed by atoms with Gasteiger partial charge in [-0.05, 0) is 37.6 Å². The largest absolute Gasteiger partial charge is 0.385 e. The van der Waals surface area contributed by atoms with E-state index in [0.717, 1.165) is 23.2 Å². The second-order valence-electron chi connectivity index (χ2n) is 6.12. The Labute approximate surface area is 163 Å². The molecule has 0 saturated heterocycles. The summed E-state index contributed by atoms with van der Waals surface area (Å²) in [6.07, 6.45) is 0.727. The average molecular weight is 385 g/mol. The molecule has 7 heteroatoms. The minimum atomic E-state index is -0.313. The van der Waals surface area contributed by atoms with E-state index in [1.807, 2.05) is 43.3 Å². The number of halogens is 1. The summed E-state index contributed by atoms with van der Waals surface area (Å²) in [6.45, 7) is 3.11. The van der Waals surface area contributed by atoms with Crippen molar-refractivity contribution in [3.8, 4) is 17.1 Å². The molecule has 1 aromatic heterocycles. The van der Waals surface area contributed by atoms with Gasteiger partial charge in [0.1, 0.15) is 0 Å². The van der Waals surface area contributed by atoms with Crippen LogP contribution in [0.4, 0.5) is 0 Å². The maximum Gasteiger partial charge on any atom is 0.290 e. The monoisotopic (exact) mass is 384 g/mol. The lowest BCUT2D eigenvalue weighted by Crippen LogP contribution is -2.26. The van der Waals surface area contributed by atoms with Crippen molar-refractivity contribution in [1.82, 2.24) is 20.1 Å². The highest BCUT2D eigenvalue weighted by atomic mass is 35.5. The van der Waals surface area contributed by atoms with Crippen LogP contribution in [0.25, 0.3) is 17.1 Å². The van der Waals surface area contributed by atoms with Crippen LogP contribution in [0.15, 0.2) is 48.5 Å². The summed E-state index contributed by atoms with van der Waals surface area (Å²) in [5.41, 5.74) is 2.80. The standard InChI is InChI=1S/C20H21ClN4O2/c1-14-4-6-15(7-5-14)19-23-18(20(26)22-12-3-13-27-2)24-25(19)17-10-8-16(21)9-11-17/h4-11H,3,12-13H2,1-2H3,(H,22,26). The van der Waals surface area contributed by atoms with Crippen molar-refractivity contribution in [2.24, 2.45) is 0 Å². The van der Waals surface area contributed by atoms with Gasteiger partial charge in [-0.3, -0.25) is 4.79 Å². The number of ether oxygens (including phenoxy) is 1. The van der Waals surface area contributed by atoms with Crippen molar-refractivity contribution in [2.75, 3.05) is 20.3 Å². The van der Waals surface area contributed by atoms with E-state index >= 15 is 0 Å². The molecule has 0 saturated carbocycles. The van der Waals surface area contributed by atoms with Crippen LogP contribution < -0.4 is 5.32 Å². The lowest BCUT2D eigenvalue weighted by atomic mass is 10.1. The second kappa shape index (κ2) is 8.79. The number of benzene rings is 2. The zero-order valence-electron chi connectivity index (χ0n) is 15.3. The Morgan fingerprint density at radius 3 is 2.52 bits per heavy atom. The van der Waals surface area contributed by atoms with Gasteiger partial charge < -0.3 is 10.1 Å². The molecule has 0 radical (unpaired) electrons. The number of amides is 1. The molecule has 0 unspecified atom stereocenters. The van der Waals surface area contributed by atoms with Gasteiger partial charge in [0.25, 0.3) is 5.91 Å². The number of hydrogen-bond donors (Lipinski definition) is 1. The average Bonchev–Trinajstić information content (AvgIpc) is 3.12. The number of nitrogens with one attached hydrogen (secondary N) is 1. The molecule has 3 rings (SSSR count). The first kappa shape index (κ1) is 19.1. The van der Waals surface area contributed by atoms with Crippen LogP contribution in [0, 0.1) is 6.92 Å². The predicted molar refractivity (Wildman–Crippen MR) is 105 cm³/mol. The summed E-state index contributed by atoms with van der Waals surface area (Å²) >= 11 is 5.99. The Bertz CT molecular complexity index is 842. The highest BCUT2D eigenvalue weighted by Gasteiger charge is 2.18. The molecule has 0 aliphatic carbocycles. The Kier molecular flexibility index (Phi) is 6.21. The van der Waals surface area contributed by atoms with Gasteiger partial charge in [0.15, 0.2) is 5.82 Å². The van der Waals surface area contributed by atoms with E-state index in [2.05, 4.69) is 15.4 Å². The molecule has 1 amide bonds. The topological polar surface area (TPSA) is 69.0 Å². The molecule has 2 aromatic carbocycles. The third kappa shape index (κ3) is 4.72. The van der Waals surface area contributed by atoms with Crippen LogP contribution in [-0.2, 0) is 4.74 Å². The highest BCUT2D eigenvalue weighted by molar-refractivity contribution is 6.30. The van der Waals surface area contributed by atoms with E-state index < -0.39 is 0 Å². The van der Waals surface area contributed by atoms with Gasteiger partial charge >= 0.3 is 0 Å². The lowest BCUT2D eigenvalue weighted by molar-refractivity contribution is 0.0938. The molecule has 6 nitrogen and oxygen atoms in total. The predicted octanol–water partition coefficient (Wildman–Crippen LogP) is 3.66. The summed E-state index contributed by atoms with van der Waals surface area (Å²) in [4.78, 5) is 16.9. The van der Waals surface area contributed by atoms with Gasteiger partial charge in [-0.15, -0.1) is 5.10 Å². The van der Waals surface area contributed by atoms with E-state index in [0.29, 0.717) is 24.0 Å². The fourth-order valence-electron chi connectivity index (χ4n) is 2.56. The third-order valence-corrected chi connectivity index (χ3v) is 4.25. The van der Waals surface area contributed by atoms with Crippen LogP contribution in [0.3, 0.4) is 0 Å². The minimum absolute atomic E-state index is 0.123. The van der Waals surface area contributed by atoms with Crippen LogP contribution in [0.5, 0.6) is 0 Å². The van der Waals surface area contributed by atoms with Gasteiger partial charge in [-0.2, -0.15) is 0 Å². The third-order valence-electron chi connectivity index (χ3n) is 4.00. The molecule has 1 N–H and O–H groups in total. The molecule has 0 aliphatic heterocycles. The Morgan fingerprint density at radius 2 is 1.85 bits per heavy atom. The zero-order valence-corrected chi connectivity index (χ0v) is 16.0. The second-order valence-corrected chi connectivity index (χ2v) is 6.55. The summed E-state index contributed by atoms with van der Waals surface area (Å²) in [5, 5.41) is 7.88. The van der Waals surface area contributed by atoms with Crippen LogP contribution in [-0.4, -0.2) is 40.9 Å². The molecular weight excluding hydrogens is 364 g/mol. The van der Waals surface area contributed by atoms with Crippen LogP contribution >= 0.6 is 11.6 Å².